The van der Waals surface area contributed by atoms with Crippen LogP contribution in [0.25, 0.3) is 0 Å². The summed E-state index contributed by atoms with van der Waals surface area (Å²) in [6.45, 7) is 6.39. The van der Waals surface area contributed by atoms with E-state index in [0.717, 1.165) is 25.7 Å². The van der Waals surface area contributed by atoms with Crippen molar-refractivity contribution in [1.29, 1.82) is 0 Å². The molecule has 94 valence electrons. The van der Waals surface area contributed by atoms with E-state index in [1.165, 1.54) is 5.56 Å². The lowest BCUT2D eigenvalue weighted by Crippen LogP contribution is -2.12. The van der Waals surface area contributed by atoms with E-state index >= 15 is 0 Å². The number of hydrogen-bond acceptors (Lipinski definition) is 1. The Morgan fingerprint density at radius 2 is 1.76 bits per heavy atom. The Morgan fingerprint density at radius 3 is 2.29 bits per heavy atom. The predicted molar refractivity (Wildman–Crippen MR) is 73.0 cm³/mol. The van der Waals surface area contributed by atoms with Gasteiger partial charge in [-0.2, -0.15) is 0 Å². The first-order valence-corrected chi connectivity index (χ1v) is 6.67. The number of carbonyl (C=O) groups excluding carboxylic acids is 1. The summed E-state index contributed by atoms with van der Waals surface area (Å²) in [5.74, 6) is 1.41. The smallest absolute Gasteiger partial charge is 0.133 e. The molecule has 1 aromatic carbocycles. The maximum atomic E-state index is 11.8. The largest absolute Gasteiger partial charge is 0.300 e. The number of Topliss-reactive ketones (excluding diaryl/α,β-unsaturated/α-hetero) is 1. The summed E-state index contributed by atoms with van der Waals surface area (Å²) in [4.78, 5) is 11.8. The van der Waals surface area contributed by atoms with E-state index in [1.807, 2.05) is 6.07 Å². The van der Waals surface area contributed by atoms with Crippen LogP contribution in [-0.4, -0.2) is 5.78 Å². The van der Waals surface area contributed by atoms with E-state index < -0.39 is 0 Å². The van der Waals surface area contributed by atoms with Gasteiger partial charge in [-0.1, -0.05) is 57.5 Å². The Balaban J connectivity index is 2.46. The molecule has 0 fully saturated rings. The average molecular weight is 232 g/mol. The minimum absolute atomic E-state index is 0.419. The van der Waals surface area contributed by atoms with Gasteiger partial charge in [-0.3, -0.25) is 4.79 Å². The normalized spacial score (nSPS) is 12.7. The zero-order valence-corrected chi connectivity index (χ0v) is 11.3. The summed E-state index contributed by atoms with van der Waals surface area (Å²) in [6.07, 6.45) is 3.58. The van der Waals surface area contributed by atoms with Crippen LogP contribution >= 0.6 is 0 Å². The van der Waals surface area contributed by atoms with Crippen molar-refractivity contribution in [1.82, 2.24) is 0 Å². The van der Waals surface area contributed by atoms with Crippen LogP contribution in [0.15, 0.2) is 30.3 Å². The fourth-order valence-corrected chi connectivity index (χ4v) is 2.17. The molecule has 0 amide bonds. The third-order valence-electron chi connectivity index (χ3n) is 3.10. The third kappa shape index (κ3) is 5.67. The third-order valence-corrected chi connectivity index (χ3v) is 3.10. The highest BCUT2D eigenvalue weighted by atomic mass is 16.1. The van der Waals surface area contributed by atoms with Gasteiger partial charge in [-0.05, 0) is 23.8 Å². The molecule has 1 heteroatoms. The van der Waals surface area contributed by atoms with Crippen LogP contribution in [0.5, 0.6) is 0 Å². The second-order valence-corrected chi connectivity index (χ2v) is 5.30. The molecule has 0 saturated heterocycles. The summed E-state index contributed by atoms with van der Waals surface area (Å²) in [5, 5.41) is 0. The number of hydrogen-bond donors (Lipinski definition) is 0. The van der Waals surface area contributed by atoms with Gasteiger partial charge in [0.25, 0.3) is 0 Å². The van der Waals surface area contributed by atoms with Crippen molar-refractivity contribution in [3.8, 4) is 0 Å². The van der Waals surface area contributed by atoms with Crippen LogP contribution in [0.3, 0.4) is 0 Å². The zero-order valence-electron chi connectivity index (χ0n) is 11.3. The molecular formula is C16H24O. The summed E-state index contributed by atoms with van der Waals surface area (Å²) in [5.41, 5.74) is 1.34. The zero-order chi connectivity index (χ0) is 12.7. The molecule has 0 N–H and O–H groups in total. The summed E-state index contributed by atoms with van der Waals surface area (Å²) >= 11 is 0. The maximum absolute atomic E-state index is 11.8. The van der Waals surface area contributed by atoms with Crippen LogP contribution in [0, 0.1) is 11.8 Å². The quantitative estimate of drug-likeness (QED) is 0.686. The van der Waals surface area contributed by atoms with Crippen molar-refractivity contribution in [2.45, 2.75) is 46.5 Å². The van der Waals surface area contributed by atoms with E-state index in [4.69, 9.17) is 0 Å². The molecule has 1 nitrogen and oxygen atoms in total. The first-order valence-electron chi connectivity index (χ1n) is 6.67. The van der Waals surface area contributed by atoms with E-state index in [2.05, 4.69) is 45.0 Å². The summed E-state index contributed by atoms with van der Waals surface area (Å²) in [7, 11) is 0. The molecule has 0 radical (unpaired) electrons. The highest BCUT2D eigenvalue weighted by Crippen LogP contribution is 2.18. The number of carbonyl (C=O) groups is 1. The van der Waals surface area contributed by atoms with Crippen molar-refractivity contribution in [2.24, 2.45) is 11.8 Å². The van der Waals surface area contributed by atoms with Crippen LogP contribution < -0.4 is 0 Å². The number of benzene rings is 1. The van der Waals surface area contributed by atoms with Crippen molar-refractivity contribution in [3.05, 3.63) is 35.9 Å². The lowest BCUT2D eigenvalue weighted by molar-refractivity contribution is -0.120. The Bertz CT molecular complexity index is 327. The number of ketones is 1. The van der Waals surface area contributed by atoms with Crippen molar-refractivity contribution in [3.63, 3.8) is 0 Å². The second-order valence-electron chi connectivity index (χ2n) is 5.30. The molecule has 0 aromatic heterocycles. The Kier molecular flexibility index (Phi) is 5.96. The monoisotopic (exact) mass is 232 g/mol. The van der Waals surface area contributed by atoms with Gasteiger partial charge in [-0.15, -0.1) is 0 Å². The van der Waals surface area contributed by atoms with Gasteiger partial charge in [0.05, 0.1) is 0 Å². The first-order chi connectivity index (χ1) is 8.11. The van der Waals surface area contributed by atoms with E-state index in [9.17, 15) is 4.79 Å². The number of rotatable bonds is 7. The van der Waals surface area contributed by atoms with Crippen LogP contribution in [0.2, 0.25) is 0 Å². The van der Waals surface area contributed by atoms with Crippen molar-refractivity contribution >= 4 is 5.78 Å². The van der Waals surface area contributed by atoms with Gasteiger partial charge in [0.15, 0.2) is 0 Å². The van der Waals surface area contributed by atoms with Crippen molar-refractivity contribution in [2.75, 3.05) is 0 Å². The van der Waals surface area contributed by atoms with Gasteiger partial charge < -0.3 is 0 Å². The molecule has 1 unspecified atom stereocenters. The average Bonchev–Trinajstić information content (AvgIpc) is 2.28. The molecule has 0 spiro atoms. The lowest BCUT2D eigenvalue weighted by atomic mass is 9.90. The predicted octanol–water partition coefficient (Wildman–Crippen LogP) is 4.26. The second kappa shape index (κ2) is 7.26. The molecule has 1 aromatic rings. The molecule has 17 heavy (non-hydrogen) atoms. The molecule has 0 bridgehead atoms. The molecule has 0 aliphatic heterocycles. The van der Waals surface area contributed by atoms with Gasteiger partial charge in [0.2, 0.25) is 0 Å². The Morgan fingerprint density at radius 1 is 1.12 bits per heavy atom. The van der Waals surface area contributed by atoms with E-state index in [-0.39, 0.29) is 0 Å². The fraction of sp³-hybridized carbons (Fsp3) is 0.562. The standard InChI is InChI=1S/C16H24O/c1-4-14(12-16(17)10-13(2)3)11-15-8-6-5-7-9-15/h5-9,13-14H,4,10-12H2,1-3H3. The Labute approximate surface area is 105 Å². The van der Waals surface area contributed by atoms with Crippen LogP contribution in [0.1, 0.15) is 45.6 Å². The van der Waals surface area contributed by atoms with Gasteiger partial charge >= 0.3 is 0 Å². The van der Waals surface area contributed by atoms with E-state index in [0.29, 0.717) is 17.6 Å². The van der Waals surface area contributed by atoms with Gasteiger partial charge in [-0.25, -0.2) is 0 Å². The molecular weight excluding hydrogens is 208 g/mol. The van der Waals surface area contributed by atoms with Crippen LogP contribution in [0.4, 0.5) is 0 Å². The molecule has 0 aliphatic rings. The maximum Gasteiger partial charge on any atom is 0.133 e. The van der Waals surface area contributed by atoms with Crippen molar-refractivity contribution < 1.29 is 4.79 Å². The lowest BCUT2D eigenvalue weighted by Gasteiger charge is -2.14. The fourth-order valence-electron chi connectivity index (χ4n) is 2.17. The summed E-state index contributed by atoms with van der Waals surface area (Å²) in [6, 6.07) is 10.5. The SMILES string of the molecule is CCC(CC(=O)CC(C)C)Cc1ccccc1. The topological polar surface area (TPSA) is 17.1 Å². The molecule has 1 atom stereocenters. The van der Waals surface area contributed by atoms with Crippen LogP contribution in [-0.2, 0) is 11.2 Å². The molecule has 0 saturated carbocycles. The highest BCUT2D eigenvalue weighted by molar-refractivity contribution is 5.78. The first kappa shape index (κ1) is 14.0. The Hall–Kier alpha value is -1.11. The highest BCUT2D eigenvalue weighted by Gasteiger charge is 2.13. The molecule has 1 rings (SSSR count). The summed E-state index contributed by atoms with van der Waals surface area (Å²) < 4.78 is 0. The molecule has 0 aliphatic carbocycles. The van der Waals surface area contributed by atoms with Gasteiger partial charge in [0, 0.05) is 12.8 Å². The van der Waals surface area contributed by atoms with Gasteiger partial charge in [0.1, 0.15) is 5.78 Å². The van der Waals surface area contributed by atoms with E-state index in [1.54, 1.807) is 0 Å². The minimum atomic E-state index is 0.419. The minimum Gasteiger partial charge on any atom is -0.300 e. The molecule has 0 heterocycles.